The molecule has 0 saturated heterocycles. The first-order valence-corrected chi connectivity index (χ1v) is 7.10. The van der Waals surface area contributed by atoms with Crippen molar-refractivity contribution >= 4 is 0 Å². The van der Waals surface area contributed by atoms with Crippen LogP contribution in [-0.2, 0) is 10.8 Å². The van der Waals surface area contributed by atoms with Gasteiger partial charge in [-0.25, -0.2) is 0 Å². The quantitative estimate of drug-likeness (QED) is 0.763. The first-order chi connectivity index (χ1) is 8.60. The highest BCUT2D eigenvalue weighted by atomic mass is 16.5. The van der Waals surface area contributed by atoms with Gasteiger partial charge in [0, 0.05) is 17.5 Å². The predicted octanol–water partition coefficient (Wildman–Crippen LogP) is 4.10. The number of ether oxygens (including phenoxy) is 1. The molecule has 1 heterocycles. The lowest BCUT2D eigenvalue weighted by atomic mass is 9.77. The van der Waals surface area contributed by atoms with Gasteiger partial charge in [0.15, 0.2) is 0 Å². The van der Waals surface area contributed by atoms with Gasteiger partial charge in [0.05, 0.1) is 12.7 Å². The summed E-state index contributed by atoms with van der Waals surface area (Å²) in [5.74, 6) is 0.902. The topological polar surface area (TPSA) is 29.5 Å². The SMILES string of the molecule is CC(C)(C)c1cc2c(c(C(C)(C)C)c1)OCCC2O. The average molecular weight is 262 g/mol. The Labute approximate surface area is 116 Å². The van der Waals surface area contributed by atoms with Gasteiger partial charge in [-0.1, -0.05) is 47.6 Å². The third kappa shape index (κ3) is 2.79. The third-order valence-corrected chi connectivity index (χ3v) is 3.79. The molecule has 1 aliphatic rings. The predicted molar refractivity (Wildman–Crippen MR) is 78.9 cm³/mol. The van der Waals surface area contributed by atoms with Gasteiger partial charge in [0.2, 0.25) is 0 Å². The van der Waals surface area contributed by atoms with Crippen molar-refractivity contribution in [1.82, 2.24) is 0 Å². The highest BCUT2D eigenvalue weighted by molar-refractivity contribution is 5.51. The van der Waals surface area contributed by atoms with Crippen LogP contribution in [0, 0.1) is 0 Å². The van der Waals surface area contributed by atoms with Gasteiger partial charge in [-0.15, -0.1) is 0 Å². The Morgan fingerprint density at radius 2 is 1.68 bits per heavy atom. The van der Waals surface area contributed by atoms with Gasteiger partial charge < -0.3 is 9.84 Å². The number of aliphatic hydroxyl groups is 1. The Morgan fingerprint density at radius 3 is 2.21 bits per heavy atom. The van der Waals surface area contributed by atoms with E-state index in [1.165, 1.54) is 11.1 Å². The summed E-state index contributed by atoms with van der Waals surface area (Å²) in [5, 5.41) is 10.3. The molecule has 2 heteroatoms. The Kier molecular flexibility index (Phi) is 3.42. The monoisotopic (exact) mass is 262 g/mol. The fourth-order valence-corrected chi connectivity index (χ4v) is 2.48. The van der Waals surface area contributed by atoms with Crippen LogP contribution >= 0.6 is 0 Å². The fourth-order valence-electron chi connectivity index (χ4n) is 2.48. The van der Waals surface area contributed by atoms with Crippen molar-refractivity contribution in [3.05, 3.63) is 28.8 Å². The van der Waals surface area contributed by atoms with E-state index in [9.17, 15) is 5.11 Å². The minimum atomic E-state index is -0.396. The van der Waals surface area contributed by atoms with Crippen molar-refractivity contribution < 1.29 is 9.84 Å². The van der Waals surface area contributed by atoms with Gasteiger partial charge >= 0.3 is 0 Å². The Bertz CT molecular complexity index is 475. The molecule has 19 heavy (non-hydrogen) atoms. The van der Waals surface area contributed by atoms with Crippen molar-refractivity contribution in [2.45, 2.75) is 64.9 Å². The van der Waals surface area contributed by atoms with E-state index in [-0.39, 0.29) is 10.8 Å². The molecular formula is C17H26O2. The van der Waals surface area contributed by atoms with Crippen LogP contribution in [0.4, 0.5) is 0 Å². The highest BCUT2D eigenvalue weighted by Gasteiger charge is 2.30. The Balaban J connectivity index is 2.68. The number of hydrogen-bond acceptors (Lipinski definition) is 2. The van der Waals surface area contributed by atoms with E-state index in [2.05, 4.69) is 53.7 Å². The molecule has 0 aliphatic carbocycles. The lowest BCUT2D eigenvalue weighted by Crippen LogP contribution is -2.23. The van der Waals surface area contributed by atoms with Gasteiger partial charge in [-0.05, 0) is 22.5 Å². The van der Waals surface area contributed by atoms with E-state index in [4.69, 9.17) is 4.74 Å². The number of benzene rings is 1. The summed E-state index contributed by atoms with van der Waals surface area (Å²) in [7, 11) is 0. The van der Waals surface area contributed by atoms with Crippen LogP contribution in [0.3, 0.4) is 0 Å². The zero-order valence-electron chi connectivity index (χ0n) is 13.0. The number of rotatable bonds is 0. The summed E-state index contributed by atoms with van der Waals surface area (Å²) in [6.07, 6.45) is 0.289. The van der Waals surface area contributed by atoms with Gasteiger partial charge in [0.25, 0.3) is 0 Å². The second-order valence-corrected chi connectivity index (χ2v) is 7.60. The molecule has 1 aromatic carbocycles. The first-order valence-electron chi connectivity index (χ1n) is 7.10. The van der Waals surface area contributed by atoms with Crippen LogP contribution in [0.5, 0.6) is 5.75 Å². The zero-order chi connectivity index (χ0) is 14.4. The molecule has 0 radical (unpaired) electrons. The summed E-state index contributed by atoms with van der Waals surface area (Å²) in [5.41, 5.74) is 3.52. The van der Waals surface area contributed by atoms with Crippen molar-refractivity contribution in [3.8, 4) is 5.75 Å². The molecule has 1 atom stereocenters. The molecule has 0 saturated carbocycles. The maximum absolute atomic E-state index is 10.3. The zero-order valence-corrected chi connectivity index (χ0v) is 13.0. The average Bonchev–Trinajstić information content (AvgIpc) is 2.25. The molecule has 0 amide bonds. The maximum Gasteiger partial charge on any atom is 0.128 e. The van der Waals surface area contributed by atoms with E-state index >= 15 is 0 Å². The van der Waals surface area contributed by atoms with Crippen molar-refractivity contribution in [2.24, 2.45) is 0 Å². The number of aliphatic hydroxyl groups excluding tert-OH is 1. The Morgan fingerprint density at radius 1 is 1.05 bits per heavy atom. The molecule has 1 unspecified atom stereocenters. The molecule has 0 spiro atoms. The van der Waals surface area contributed by atoms with Crippen LogP contribution in [0.1, 0.15) is 70.8 Å². The lowest BCUT2D eigenvalue weighted by molar-refractivity contribution is 0.113. The lowest BCUT2D eigenvalue weighted by Gasteiger charge is -2.32. The van der Waals surface area contributed by atoms with E-state index in [0.29, 0.717) is 13.0 Å². The molecule has 1 aromatic rings. The number of fused-ring (bicyclic) bond motifs is 1. The summed E-state index contributed by atoms with van der Waals surface area (Å²) < 4.78 is 5.86. The highest BCUT2D eigenvalue weighted by Crippen LogP contribution is 2.43. The Hall–Kier alpha value is -1.02. The van der Waals surface area contributed by atoms with Gasteiger partial charge in [-0.2, -0.15) is 0 Å². The number of hydrogen-bond donors (Lipinski definition) is 1. The molecule has 0 fully saturated rings. The van der Waals surface area contributed by atoms with Crippen LogP contribution in [0.2, 0.25) is 0 Å². The van der Waals surface area contributed by atoms with Crippen molar-refractivity contribution in [2.75, 3.05) is 6.61 Å². The minimum absolute atomic E-state index is 0.0163. The molecule has 2 rings (SSSR count). The van der Waals surface area contributed by atoms with Crippen LogP contribution < -0.4 is 4.74 Å². The van der Waals surface area contributed by atoms with Crippen molar-refractivity contribution in [3.63, 3.8) is 0 Å². The molecule has 1 N–H and O–H groups in total. The molecule has 0 aromatic heterocycles. The summed E-state index contributed by atoms with van der Waals surface area (Å²) in [4.78, 5) is 0. The van der Waals surface area contributed by atoms with E-state index in [1.54, 1.807) is 0 Å². The minimum Gasteiger partial charge on any atom is -0.493 e. The van der Waals surface area contributed by atoms with Gasteiger partial charge in [0.1, 0.15) is 5.75 Å². The van der Waals surface area contributed by atoms with Crippen LogP contribution in [0.15, 0.2) is 12.1 Å². The molecule has 0 bridgehead atoms. The molecule has 1 aliphatic heterocycles. The summed E-state index contributed by atoms with van der Waals surface area (Å²) in [6.45, 7) is 13.8. The maximum atomic E-state index is 10.3. The normalized spacial score (nSPS) is 19.8. The smallest absolute Gasteiger partial charge is 0.128 e. The third-order valence-electron chi connectivity index (χ3n) is 3.79. The fraction of sp³-hybridized carbons (Fsp3) is 0.647. The van der Waals surface area contributed by atoms with E-state index < -0.39 is 6.10 Å². The first kappa shape index (κ1) is 14.4. The van der Waals surface area contributed by atoms with E-state index in [0.717, 1.165) is 11.3 Å². The van der Waals surface area contributed by atoms with E-state index in [1.807, 2.05) is 0 Å². The standard InChI is InChI=1S/C17H26O2/c1-16(2,3)11-9-12-14(18)7-8-19-15(12)13(10-11)17(4,5)6/h9-10,14,18H,7-8H2,1-6H3. The second kappa shape index (κ2) is 4.52. The molecular weight excluding hydrogens is 236 g/mol. The van der Waals surface area contributed by atoms with Crippen molar-refractivity contribution in [1.29, 1.82) is 0 Å². The van der Waals surface area contributed by atoms with Gasteiger partial charge in [-0.3, -0.25) is 0 Å². The summed E-state index contributed by atoms with van der Waals surface area (Å²) in [6, 6.07) is 4.37. The van der Waals surface area contributed by atoms with Crippen LogP contribution in [0.25, 0.3) is 0 Å². The largest absolute Gasteiger partial charge is 0.493 e. The molecule has 106 valence electrons. The second-order valence-electron chi connectivity index (χ2n) is 7.60. The molecule has 2 nitrogen and oxygen atoms in total. The van der Waals surface area contributed by atoms with Crippen LogP contribution in [-0.4, -0.2) is 11.7 Å². The summed E-state index contributed by atoms with van der Waals surface area (Å²) >= 11 is 0.